The Labute approximate surface area is 92.3 Å². The van der Waals surface area contributed by atoms with Crippen molar-refractivity contribution in [3.8, 4) is 0 Å². The lowest BCUT2D eigenvalue weighted by atomic mass is 10.1. The summed E-state index contributed by atoms with van der Waals surface area (Å²) >= 11 is 11.6. The van der Waals surface area contributed by atoms with Gasteiger partial charge in [-0.3, -0.25) is 0 Å². The van der Waals surface area contributed by atoms with Crippen LogP contribution in [0.2, 0.25) is 10.3 Å². The third-order valence-electron chi connectivity index (χ3n) is 1.99. The van der Waals surface area contributed by atoms with Crippen molar-refractivity contribution in [1.82, 2.24) is 9.97 Å². The Hall–Kier alpha value is -0.860. The highest BCUT2D eigenvalue weighted by Crippen LogP contribution is 2.26. The minimum atomic E-state index is 0.380. The zero-order chi connectivity index (χ0) is 10.1. The number of aromatic nitrogens is 2. The molecule has 0 N–H and O–H groups in total. The van der Waals surface area contributed by atoms with Crippen molar-refractivity contribution < 1.29 is 0 Å². The van der Waals surface area contributed by atoms with Gasteiger partial charge in [0.25, 0.3) is 0 Å². The van der Waals surface area contributed by atoms with Gasteiger partial charge in [0.05, 0.1) is 0 Å². The van der Waals surface area contributed by atoms with E-state index in [9.17, 15) is 0 Å². The van der Waals surface area contributed by atoms with E-state index in [1.54, 1.807) is 0 Å². The molecule has 0 aromatic carbocycles. The minimum Gasteiger partial charge on any atom is -0.217 e. The van der Waals surface area contributed by atoms with Gasteiger partial charge in [0.1, 0.15) is 10.3 Å². The van der Waals surface area contributed by atoms with Crippen LogP contribution < -0.4 is 0 Å². The van der Waals surface area contributed by atoms with E-state index < -0.39 is 0 Å². The van der Waals surface area contributed by atoms with E-state index in [1.165, 1.54) is 11.6 Å². The van der Waals surface area contributed by atoms with Gasteiger partial charge in [0, 0.05) is 11.6 Å². The number of hydrogen-bond acceptors (Lipinski definition) is 2. The number of hydrogen-bond donors (Lipinski definition) is 0. The fourth-order valence-electron chi connectivity index (χ4n) is 1.35. The molecule has 4 heteroatoms. The monoisotopic (exact) mass is 226 g/mol. The van der Waals surface area contributed by atoms with Gasteiger partial charge in [-0.15, -0.1) is 0 Å². The fraction of sp³-hybridized carbons (Fsp3) is 0.200. The smallest absolute Gasteiger partial charge is 0.158 e. The zero-order valence-corrected chi connectivity index (χ0v) is 9.10. The Morgan fingerprint density at radius 1 is 1.14 bits per heavy atom. The van der Waals surface area contributed by atoms with Gasteiger partial charge >= 0.3 is 0 Å². The Morgan fingerprint density at radius 3 is 2.29 bits per heavy atom. The van der Waals surface area contributed by atoms with Crippen LogP contribution in [0, 0.1) is 0 Å². The number of halogens is 2. The van der Waals surface area contributed by atoms with Crippen LogP contribution in [-0.4, -0.2) is 9.97 Å². The first-order valence-electron chi connectivity index (χ1n) is 4.22. The molecule has 1 aromatic heterocycles. The Morgan fingerprint density at radius 2 is 1.79 bits per heavy atom. The summed E-state index contributed by atoms with van der Waals surface area (Å²) < 4.78 is 0. The highest BCUT2D eigenvalue weighted by atomic mass is 35.5. The first-order chi connectivity index (χ1) is 6.65. The summed E-state index contributed by atoms with van der Waals surface area (Å²) in [5, 5.41) is 0.760. The molecule has 0 atom stereocenters. The predicted octanol–water partition coefficient (Wildman–Crippen LogP) is 3.52. The van der Waals surface area contributed by atoms with Crippen LogP contribution in [0.1, 0.15) is 19.2 Å². The van der Waals surface area contributed by atoms with Gasteiger partial charge in [-0.2, -0.15) is 0 Å². The summed E-state index contributed by atoms with van der Waals surface area (Å²) in [5.41, 5.74) is 2.35. The van der Waals surface area contributed by atoms with Gasteiger partial charge in [0.2, 0.25) is 0 Å². The normalized spacial score (nSPS) is 15.4. The van der Waals surface area contributed by atoms with Crippen LogP contribution >= 0.6 is 23.2 Å². The van der Waals surface area contributed by atoms with Crippen LogP contribution in [0.15, 0.2) is 23.8 Å². The summed E-state index contributed by atoms with van der Waals surface area (Å²) in [4.78, 5) is 8.24. The van der Waals surface area contributed by atoms with E-state index in [1.807, 2.05) is 12.2 Å². The number of allylic oxidation sites excluding steroid dienone is 4. The molecule has 1 heterocycles. The lowest BCUT2D eigenvalue weighted by Crippen LogP contribution is -1.93. The molecule has 1 aliphatic rings. The molecule has 1 aliphatic carbocycles. The molecule has 0 amide bonds. The first kappa shape index (κ1) is 9.69. The van der Waals surface area contributed by atoms with Crippen LogP contribution in [0.25, 0.3) is 5.57 Å². The maximum Gasteiger partial charge on any atom is 0.158 e. The molecular weight excluding hydrogens is 219 g/mol. The van der Waals surface area contributed by atoms with E-state index in [4.69, 9.17) is 23.2 Å². The molecule has 2 rings (SSSR count). The molecule has 2 nitrogen and oxygen atoms in total. The van der Waals surface area contributed by atoms with E-state index in [-0.39, 0.29) is 0 Å². The Kier molecular flexibility index (Phi) is 2.57. The Bertz CT molecular complexity index is 415. The SMILES string of the molecule is CC1=CC=C(c2nc(Cl)cc(Cl)n2)C1. The fourth-order valence-corrected chi connectivity index (χ4v) is 1.77. The van der Waals surface area contributed by atoms with Crippen molar-refractivity contribution in [2.45, 2.75) is 13.3 Å². The average molecular weight is 227 g/mol. The molecule has 0 saturated heterocycles. The van der Waals surface area contributed by atoms with Crippen LogP contribution in [0.4, 0.5) is 0 Å². The predicted molar refractivity (Wildman–Crippen MR) is 58.4 cm³/mol. The van der Waals surface area contributed by atoms with Gasteiger partial charge in [-0.1, -0.05) is 40.9 Å². The minimum absolute atomic E-state index is 0.380. The molecule has 0 bridgehead atoms. The van der Waals surface area contributed by atoms with E-state index in [0.717, 1.165) is 12.0 Å². The highest BCUT2D eigenvalue weighted by Gasteiger charge is 2.11. The van der Waals surface area contributed by atoms with E-state index in [0.29, 0.717) is 16.1 Å². The number of nitrogens with zero attached hydrogens (tertiary/aromatic N) is 2. The maximum absolute atomic E-state index is 5.79. The largest absolute Gasteiger partial charge is 0.217 e. The summed E-state index contributed by atoms with van der Waals surface area (Å²) in [7, 11) is 0. The van der Waals surface area contributed by atoms with Crippen molar-refractivity contribution in [3.63, 3.8) is 0 Å². The van der Waals surface area contributed by atoms with E-state index in [2.05, 4.69) is 16.9 Å². The average Bonchev–Trinajstić information content (AvgIpc) is 2.50. The molecule has 1 aromatic rings. The Balaban J connectivity index is 2.35. The lowest BCUT2D eigenvalue weighted by molar-refractivity contribution is 1.09. The van der Waals surface area contributed by atoms with Crippen molar-refractivity contribution in [3.05, 3.63) is 39.9 Å². The maximum atomic E-state index is 5.79. The van der Waals surface area contributed by atoms with Crippen molar-refractivity contribution in [2.24, 2.45) is 0 Å². The van der Waals surface area contributed by atoms with Crippen LogP contribution in [-0.2, 0) is 0 Å². The molecule has 0 fully saturated rings. The quantitative estimate of drug-likeness (QED) is 0.686. The third kappa shape index (κ3) is 1.97. The molecule has 0 saturated carbocycles. The molecular formula is C10H8Cl2N2. The highest BCUT2D eigenvalue weighted by molar-refractivity contribution is 6.33. The molecule has 72 valence electrons. The first-order valence-corrected chi connectivity index (χ1v) is 4.97. The summed E-state index contributed by atoms with van der Waals surface area (Å²) in [6, 6.07) is 1.53. The van der Waals surface area contributed by atoms with Crippen molar-refractivity contribution in [1.29, 1.82) is 0 Å². The second-order valence-corrected chi connectivity index (χ2v) is 3.99. The van der Waals surface area contributed by atoms with Crippen LogP contribution in [0.3, 0.4) is 0 Å². The second-order valence-electron chi connectivity index (χ2n) is 3.22. The number of rotatable bonds is 1. The van der Waals surface area contributed by atoms with Crippen molar-refractivity contribution in [2.75, 3.05) is 0 Å². The summed E-state index contributed by atoms with van der Waals surface area (Å²) in [5.74, 6) is 0.621. The topological polar surface area (TPSA) is 25.8 Å². The molecule has 0 radical (unpaired) electrons. The molecule has 0 spiro atoms. The lowest BCUT2D eigenvalue weighted by Gasteiger charge is -2.02. The van der Waals surface area contributed by atoms with Crippen LogP contribution in [0.5, 0.6) is 0 Å². The van der Waals surface area contributed by atoms with Crippen molar-refractivity contribution >= 4 is 28.8 Å². The van der Waals surface area contributed by atoms with Gasteiger partial charge in [0.15, 0.2) is 5.82 Å². The summed E-state index contributed by atoms with van der Waals surface area (Å²) in [6.45, 7) is 2.07. The molecule has 0 unspecified atom stereocenters. The molecule has 14 heavy (non-hydrogen) atoms. The second kappa shape index (κ2) is 3.71. The summed E-state index contributed by atoms with van der Waals surface area (Å²) in [6.07, 6.45) is 4.92. The molecule has 0 aliphatic heterocycles. The third-order valence-corrected chi connectivity index (χ3v) is 2.38. The van der Waals surface area contributed by atoms with Gasteiger partial charge < -0.3 is 0 Å². The zero-order valence-electron chi connectivity index (χ0n) is 7.59. The standard InChI is InChI=1S/C10H8Cl2N2/c1-6-2-3-7(4-6)10-13-8(11)5-9(12)14-10/h2-3,5H,4H2,1H3. The van der Waals surface area contributed by atoms with E-state index >= 15 is 0 Å². The van der Waals surface area contributed by atoms with Gasteiger partial charge in [-0.05, 0) is 13.3 Å². The van der Waals surface area contributed by atoms with Gasteiger partial charge in [-0.25, -0.2) is 9.97 Å².